The van der Waals surface area contributed by atoms with Crippen LogP contribution in [-0.2, 0) is 6.42 Å². The van der Waals surface area contributed by atoms with Crippen LogP contribution >= 0.6 is 0 Å². The van der Waals surface area contributed by atoms with Crippen LogP contribution in [0, 0.1) is 21.4 Å². The van der Waals surface area contributed by atoms with Gasteiger partial charge in [0.15, 0.2) is 0 Å². The van der Waals surface area contributed by atoms with E-state index < -0.39 is 4.92 Å². The van der Waals surface area contributed by atoms with Gasteiger partial charge in [0.1, 0.15) is 5.75 Å². The fraction of sp³-hybridized carbons (Fsp3) is 0.125. The fourth-order valence-corrected chi connectivity index (χ4v) is 2.47. The van der Waals surface area contributed by atoms with Crippen molar-refractivity contribution in [3.8, 4) is 11.8 Å². The Bertz CT molecular complexity index is 807. The van der Waals surface area contributed by atoms with Crippen molar-refractivity contribution in [1.29, 1.82) is 5.26 Å². The third-order valence-corrected chi connectivity index (χ3v) is 3.42. The van der Waals surface area contributed by atoms with Gasteiger partial charge in [0.2, 0.25) is 0 Å². The summed E-state index contributed by atoms with van der Waals surface area (Å²) in [6, 6.07) is 10.2. The van der Waals surface area contributed by atoms with E-state index in [1.54, 1.807) is 24.4 Å². The molecule has 6 nitrogen and oxygen atoms in total. The summed E-state index contributed by atoms with van der Waals surface area (Å²) in [5.74, 6) is 0.595. The Morgan fingerprint density at radius 2 is 2.32 bits per heavy atom. The SMILES string of the molecule is N#C/C=C(\c1ccccn1)c1cc([N+](=O)[O-])cc2c1OCC2. The molecule has 1 aromatic heterocycles. The summed E-state index contributed by atoms with van der Waals surface area (Å²) in [4.78, 5) is 14.9. The number of non-ortho nitro benzene ring substituents is 1. The molecule has 0 spiro atoms. The first-order valence-corrected chi connectivity index (χ1v) is 6.66. The Balaban J connectivity index is 2.23. The summed E-state index contributed by atoms with van der Waals surface area (Å²) >= 11 is 0. The molecule has 0 saturated carbocycles. The number of hydrogen-bond acceptors (Lipinski definition) is 5. The number of rotatable bonds is 3. The molecule has 1 aromatic carbocycles. The zero-order valence-electron chi connectivity index (χ0n) is 11.5. The van der Waals surface area contributed by atoms with Gasteiger partial charge in [-0.15, -0.1) is 0 Å². The van der Waals surface area contributed by atoms with Crippen molar-refractivity contribution >= 4 is 11.3 Å². The van der Waals surface area contributed by atoms with E-state index in [2.05, 4.69) is 4.98 Å². The third kappa shape index (κ3) is 2.40. The number of benzene rings is 1. The highest BCUT2D eigenvalue weighted by molar-refractivity contribution is 5.84. The Kier molecular flexibility index (Phi) is 3.54. The lowest BCUT2D eigenvalue weighted by atomic mass is 9.97. The van der Waals surface area contributed by atoms with Gasteiger partial charge < -0.3 is 4.74 Å². The molecule has 108 valence electrons. The number of nitrogens with zero attached hydrogens (tertiary/aromatic N) is 3. The van der Waals surface area contributed by atoms with Crippen molar-refractivity contribution in [1.82, 2.24) is 4.98 Å². The van der Waals surface area contributed by atoms with Gasteiger partial charge in [-0.3, -0.25) is 15.1 Å². The molecule has 0 N–H and O–H groups in total. The lowest BCUT2D eigenvalue weighted by Crippen LogP contribution is -1.97. The van der Waals surface area contributed by atoms with Crippen LogP contribution in [0.25, 0.3) is 5.57 Å². The number of nitro groups is 1. The molecule has 0 unspecified atom stereocenters. The minimum absolute atomic E-state index is 0.0148. The highest BCUT2D eigenvalue weighted by Gasteiger charge is 2.24. The molecule has 2 heterocycles. The quantitative estimate of drug-likeness (QED) is 0.493. The van der Waals surface area contributed by atoms with Gasteiger partial charge in [-0.2, -0.15) is 5.26 Å². The molecule has 6 heteroatoms. The van der Waals surface area contributed by atoms with Gasteiger partial charge in [-0.25, -0.2) is 0 Å². The maximum Gasteiger partial charge on any atom is 0.270 e. The molecule has 22 heavy (non-hydrogen) atoms. The molecular formula is C16H11N3O3. The lowest BCUT2D eigenvalue weighted by Gasteiger charge is -2.11. The zero-order chi connectivity index (χ0) is 15.5. The van der Waals surface area contributed by atoms with Crippen LogP contribution in [0.15, 0.2) is 42.6 Å². The van der Waals surface area contributed by atoms with Crippen LogP contribution in [0.4, 0.5) is 5.69 Å². The fourth-order valence-electron chi connectivity index (χ4n) is 2.47. The van der Waals surface area contributed by atoms with Gasteiger partial charge in [0, 0.05) is 47.5 Å². The molecule has 0 bridgehead atoms. The van der Waals surface area contributed by atoms with Gasteiger partial charge >= 0.3 is 0 Å². The molecule has 1 aliphatic heterocycles. The molecule has 2 aromatic rings. The van der Waals surface area contributed by atoms with Crippen molar-refractivity contribution in [2.45, 2.75) is 6.42 Å². The van der Waals surface area contributed by atoms with Crippen LogP contribution in [0.1, 0.15) is 16.8 Å². The van der Waals surface area contributed by atoms with Crippen LogP contribution in [0.2, 0.25) is 0 Å². The summed E-state index contributed by atoms with van der Waals surface area (Å²) in [7, 11) is 0. The number of allylic oxidation sites excluding steroid dienone is 1. The second kappa shape index (κ2) is 5.66. The number of nitro benzene ring substituents is 1. The maximum atomic E-state index is 11.1. The largest absolute Gasteiger partial charge is 0.492 e. The predicted molar refractivity (Wildman–Crippen MR) is 79.2 cm³/mol. The van der Waals surface area contributed by atoms with E-state index >= 15 is 0 Å². The minimum Gasteiger partial charge on any atom is -0.492 e. The van der Waals surface area contributed by atoms with Crippen molar-refractivity contribution in [2.24, 2.45) is 0 Å². The molecular weight excluding hydrogens is 282 g/mol. The molecule has 3 rings (SSSR count). The number of nitriles is 1. The average Bonchev–Trinajstić information content (AvgIpc) is 3.01. The monoisotopic (exact) mass is 293 g/mol. The molecule has 0 fully saturated rings. The number of pyridine rings is 1. The van der Waals surface area contributed by atoms with Gasteiger partial charge in [0.25, 0.3) is 5.69 Å². The Morgan fingerprint density at radius 1 is 1.45 bits per heavy atom. The molecule has 0 aliphatic carbocycles. The van der Waals surface area contributed by atoms with Crippen molar-refractivity contribution in [3.05, 3.63) is 69.5 Å². The molecule has 0 radical (unpaired) electrons. The first-order chi connectivity index (χ1) is 10.7. The second-order valence-electron chi connectivity index (χ2n) is 4.74. The van der Waals surface area contributed by atoms with Gasteiger partial charge in [-0.1, -0.05) is 6.07 Å². The summed E-state index contributed by atoms with van der Waals surface area (Å²) < 4.78 is 5.61. The third-order valence-electron chi connectivity index (χ3n) is 3.42. The number of ether oxygens (including phenoxy) is 1. The maximum absolute atomic E-state index is 11.1. The molecule has 0 saturated heterocycles. The second-order valence-corrected chi connectivity index (χ2v) is 4.74. The predicted octanol–water partition coefficient (Wildman–Crippen LogP) is 2.88. The van der Waals surface area contributed by atoms with Crippen molar-refractivity contribution in [3.63, 3.8) is 0 Å². The standard InChI is InChI=1S/C16H11N3O3/c17-6-4-13(15-3-1-2-7-18-15)14-10-12(19(20)21)9-11-5-8-22-16(11)14/h1-4,7,9-10H,5,8H2/b13-4-. The van der Waals surface area contributed by atoms with E-state index in [4.69, 9.17) is 10.00 Å². The number of fused-ring (bicyclic) bond motifs is 1. The first kappa shape index (κ1) is 13.8. The van der Waals surface area contributed by atoms with Crippen LogP contribution in [-0.4, -0.2) is 16.5 Å². The molecule has 1 aliphatic rings. The van der Waals surface area contributed by atoms with E-state index in [9.17, 15) is 10.1 Å². The normalized spacial score (nSPS) is 13.1. The number of aromatic nitrogens is 1. The van der Waals surface area contributed by atoms with Gasteiger partial charge in [0.05, 0.1) is 23.3 Å². The summed E-state index contributed by atoms with van der Waals surface area (Å²) in [6.45, 7) is 0.478. The smallest absolute Gasteiger partial charge is 0.270 e. The first-order valence-electron chi connectivity index (χ1n) is 6.66. The molecule has 0 atom stereocenters. The topological polar surface area (TPSA) is 89.0 Å². The van der Waals surface area contributed by atoms with Crippen LogP contribution in [0.3, 0.4) is 0 Å². The van der Waals surface area contributed by atoms with Crippen LogP contribution in [0.5, 0.6) is 5.75 Å². The van der Waals surface area contributed by atoms with Gasteiger partial charge in [-0.05, 0) is 12.1 Å². The van der Waals surface area contributed by atoms with E-state index in [0.717, 1.165) is 5.56 Å². The Morgan fingerprint density at radius 3 is 3.00 bits per heavy atom. The molecule has 0 amide bonds. The Labute approximate surface area is 126 Å². The van der Waals surface area contributed by atoms with E-state index in [0.29, 0.717) is 35.6 Å². The van der Waals surface area contributed by atoms with E-state index in [1.807, 2.05) is 6.07 Å². The summed E-state index contributed by atoms with van der Waals surface area (Å²) in [5, 5.41) is 20.2. The minimum atomic E-state index is -0.440. The average molecular weight is 293 g/mol. The highest BCUT2D eigenvalue weighted by atomic mass is 16.6. The zero-order valence-corrected chi connectivity index (χ0v) is 11.5. The summed E-state index contributed by atoms with van der Waals surface area (Å²) in [5.41, 5.74) is 2.39. The summed E-state index contributed by atoms with van der Waals surface area (Å²) in [6.07, 6.45) is 3.56. The van der Waals surface area contributed by atoms with Crippen molar-refractivity contribution < 1.29 is 9.66 Å². The van der Waals surface area contributed by atoms with Crippen molar-refractivity contribution in [2.75, 3.05) is 6.61 Å². The van der Waals surface area contributed by atoms with E-state index in [-0.39, 0.29) is 5.69 Å². The van der Waals surface area contributed by atoms with Crippen LogP contribution < -0.4 is 4.74 Å². The highest BCUT2D eigenvalue weighted by Crippen LogP contribution is 2.39. The lowest BCUT2D eigenvalue weighted by molar-refractivity contribution is -0.384. The van der Waals surface area contributed by atoms with E-state index in [1.165, 1.54) is 18.2 Å². The number of hydrogen-bond donors (Lipinski definition) is 0. The Hall–Kier alpha value is -3.20.